The normalized spacial score (nSPS) is 21.2. The summed E-state index contributed by atoms with van der Waals surface area (Å²) in [5.41, 5.74) is 5.53. The summed E-state index contributed by atoms with van der Waals surface area (Å²) in [6.07, 6.45) is 3.52. The van der Waals surface area contributed by atoms with E-state index in [9.17, 15) is 0 Å². The molecule has 0 saturated heterocycles. The average Bonchev–Trinajstić information content (AvgIpc) is 2.95. The van der Waals surface area contributed by atoms with E-state index in [-0.39, 0.29) is 6.04 Å². The van der Waals surface area contributed by atoms with E-state index in [0.717, 1.165) is 18.9 Å². The van der Waals surface area contributed by atoms with Crippen molar-refractivity contribution in [3.63, 3.8) is 0 Å². The number of hydrogen-bond donors (Lipinski definition) is 1. The van der Waals surface area contributed by atoms with Crippen LogP contribution in [0, 0.1) is 17.2 Å². The Morgan fingerprint density at radius 2 is 2.23 bits per heavy atom. The van der Waals surface area contributed by atoms with Gasteiger partial charge in [-0.1, -0.05) is 0 Å². The minimum atomic E-state index is -0.297. The van der Waals surface area contributed by atoms with Crippen molar-refractivity contribution in [2.75, 3.05) is 13.6 Å². The van der Waals surface area contributed by atoms with Crippen molar-refractivity contribution in [1.29, 1.82) is 5.26 Å². The molecule has 3 nitrogen and oxygen atoms in total. The zero-order valence-corrected chi connectivity index (χ0v) is 8.53. The molecule has 0 spiro atoms. The zero-order valence-electron chi connectivity index (χ0n) is 8.53. The summed E-state index contributed by atoms with van der Waals surface area (Å²) in [7, 11) is 2.12. The van der Waals surface area contributed by atoms with Crippen LogP contribution < -0.4 is 5.73 Å². The van der Waals surface area contributed by atoms with Crippen LogP contribution in [0.5, 0.6) is 0 Å². The average molecular weight is 181 g/mol. The molecule has 13 heavy (non-hydrogen) atoms. The SMILES string of the molecule is CC(C1CC1)N(C)CCC(N)C#N. The quantitative estimate of drug-likeness (QED) is 0.687. The van der Waals surface area contributed by atoms with Gasteiger partial charge in [0.2, 0.25) is 0 Å². The lowest BCUT2D eigenvalue weighted by atomic mass is 10.1. The van der Waals surface area contributed by atoms with Gasteiger partial charge in [0.05, 0.1) is 12.1 Å². The molecule has 1 rings (SSSR count). The minimum Gasteiger partial charge on any atom is -0.316 e. The highest BCUT2D eigenvalue weighted by molar-refractivity contribution is 4.88. The molecule has 0 aromatic carbocycles. The number of hydrogen-bond acceptors (Lipinski definition) is 3. The van der Waals surface area contributed by atoms with E-state index in [1.165, 1.54) is 12.8 Å². The lowest BCUT2D eigenvalue weighted by molar-refractivity contribution is 0.230. The third-order valence-electron chi connectivity index (χ3n) is 2.96. The molecular formula is C10H19N3. The standard InChI is InChI=1S/C10H19N3/c1-8(9-3-4-9)13(2)6-5-10(12)7-11/h8-10H,3-6,12H2,1-2H3. The van der Waals surface area contributed by atoms with Gasteiger partial charge in [-0.3, -0.25) is 0 Å². The third-order valence-corrected chi connectivity index (χ3v) is 2.96. The van der Waals surface area contributed by atoms with E-state index in [1.807, 2.05) is 0 Å². The first-order chi connectivity index (χ1) is 6.15. The predicted octanol–water partition coefficient (Wildman–Crippen LogP) is 0.958. The Labute approximate surface area is 80.5 Å². The number of nitriles is 1. The first kappa shape index (κ1) is 10.5. The highest BCUT2D eigenvalue weighted by atomic mass is 15.1. The van der Waals surface area contributed by atoms with Crippen molar-refractivity contribution < 1.29 is 0 Å². The Hall–Kier alpha value is -0.590. The summed E-state index contributed by atoms with van der Waals surface area (Å²) in [6, 6.07) is 2.42. The molecule has 0 heterocycles. The highest BCUT2D eigenvalue weighted by Crippen LogP contribution is 2.34. The van der Waals surface area contributed by atoms with Crippen LogP contribution in [-0.4, -0.2) is 30.6 Å². The van der Waals surface area contributed by atoms with Gasteiger partial charge < -0.3 is 10.6 Å². The van der Waals surface area contributed by atoms with E-state index in [2.05, 4.69) is 24.9 Å². The van der Waals surface area contributed by atoms with E-state index >= 15 is 0 Å². The van der Waals surface area contributed by atoms with Crippen LogP contribution in [0.15, 0.2) is 0 Å². The Morgan fingerprint density at radius 3 is 2.69 bits per heavy atom. The van der Waals surface area contributed by atoms with Gasteiger partial charge in [0.25, 0.3) is 0 Å². The summed E-state index contributed by atoms with van der Waals surface area (Å²) in [5, 5.41) is 8.51. The molecule has 1 fully saturated rings. The molecule has 0 aromatic heterocycles. The van der Waals surface area contributed by atoms with Crippen molar-refractivity contribution in [2.45, 2.75) is 38.3 Å². The molecule has 2 N–H and O–H groups in total. The maximum absolute atomic E-state index is 8.51. The van der Waals surface area contributed by atoms with Crippen molar-refractivity contribution in [2.24, 2.45) is 11.7 Å². The minimum absolute atomic E-state index is 0.297. The molecule has 0 radical (unpaired) electrons. The van der Waals surface area contributed by atoms with Crippen LogP contribution in [-0.2, 0) is 0 Å². The van der Waals surface area contributed by atoms with Crippen LogP contribution in [0.4, 0.5) is 0 Å². The first-order valence-electron chi connectivity index (χ1n) is 5.00. The second kappa shape index (κ2) is 4.59. The molecule has 2 unspecified atom stereocenters. The second-order valence-corrected chi connectivity index (χ2v) is 4.08. The van der Waals surface area contributed by atoms with Gasteiger partial charge in [-0.25, -0.2) is 0 Å². The van der Waals surface area contributed by atoms with Gasteiger partial charge in [0.1, 0.15) is 0 Å². The van der Waals surface area contributed by atoms with Crippen molar-refractivity contribution in [1.82, 2.24) is 4.90 Å². The van der Waals surface area contributed by atoms with E-state index in [1.54, 1.807) is 0 Å². The molecule has 1 saturated carbocycles. The number of rotatable bonds is 5. The summed E-state index contributed by atoms with van der Waals surface area (Å²) in [4.78, 5) is 2.31. The largest absolute Gasteiger partial charge is 0.316 e. The fraction of sp³-hybridized carbons (Fsp3) is 0.900. The summed E-state index contributed by atoms with van der Waals surface area (Å²) in [6.45, 7) is 3.20. The fourth-order valence-electron chi connectivity index (χ4n) is 1.55. The Balaban J connectivity index is 2.16. The fourth-order valence-corrected chi connectivity index (χ4v) is 1.55. The maximum atomic E-state index is 8.51. The second-order valence-electron chi connectivity index (χ2n) is 4.08. The van der Waals surface area contributed by atoms with Gasteiger partial charge in [0.15, 0.2) is 0 Å². The first-order valence-corrected chi connectivity index (χ1v) is 5.00. The number of nitrogens with two attached hydrogens (primary N) is 1. The monoisotopic (exact) mass is 181 g/mol. The molecule has 2 atom stereocenters. The molecule has 3 heteroatoms. The smallest absolute Gasteiger partial charge is 0.0940 e. The topological polar surface area (TPSA) is 53.0 Å². The Kier molecular flexibility index (Phi) is 3.71. The molecule has 1 aliphatic rings. The molecule has 0 amide bonds. The van der Waals surface area contributed by atoms with Crippen LogP contribution in [0.3, 0.4) is 0 Å². The zero-order chi connectivity index (χ0) is 9.84. The van der Waals surface area contributed by atoms with Gasteiger partial charge in [-0.15, -0.1) is 0 Å². The van der Waals surface area contributed by atoms with Gasteiger partial charge in [0, 0.05) is 12.6 Å². The predicted molar refractivity (Wildman–Crippen MR) is 53.0 cm³/mol. The van der Waals surface area contributed by atoms with Crippen LogP contribution in [0.1, 0.15) is 26.2 Å². The molecular weight excluding hydrogens is 162 g/mol. The van der Waals surface area contributed by atoms with Crippen LogP contribution >= 0.6 is 0 Å². The molecule has 74 valence electrons. The summed E-state index contributed by atoms with van der Waals surface area (Å²) in [5.74, 6) is 0.892. The Morgan fingerprint density at radius 1 is 1.62 bits per heavy atom. The highest BCUT2D eigenvalue weighted by Gasteiger charge is 2.30. The van der Waals surface area contributed by atoms with E-state index < -0.39 is 0 Å². The molecule has 0 aromatic rings. The lowest BCUT2D eigenvalue weighted by Crippen LogP contribution is -2.34. The van der Waals surface area contributed by atoms with Crippen molar-refractivity contribution in [3.05, 3.63) is 0 Å². The van der Waals surface area contributed by atoms with Gasteiger partial charge in [-0.2, -0.15) is 5.26 Å². The summed E-state index contributed by atoms with van der Waals surface area (Å²) < 4.78 is 0. The lowest BCUT2D eigenvalue weighted by Gasteiger charge is -2.24. The van der Waals surface area contributed by atoms with Crippen molar-refractivity contribution in [3.8, 4) is 6.07 Å². The van der Waals surface area contributed by atoms with Gasteiger partial charge >= 0.3 is 0 Å². The molecule has 1 aliphatic carbocycles. The Bertz CT molecular complexity index is 193. The maximum Gasteiger partial charge on any atom is 0.0940 e. The van der Waals surface area contributed by atoms with E-state index in [4.69, 9.17) is 11.0 Å². The third kappa shape index (κ3) is 3.33. The number of nitrogens with zero attached hydrogens (tertiary/aromatic N) is 2. The van der Waals surface area contributed by atoms with Crippen LogP contribution in [0.25, 0.3) is 0 Å². The molecule has 0 aliphatic heterocycles. The van der Waals surface area contributed by atoms with E-state index in [0.29, 0.717) is 6.04 Å². The van der Waals surface area contributed by atoms with Gasteiger partial charge in [-0.05, 0) is 39.2 Å². The molecule has 0 bridgehead atoms. The summed E-state index contributed by atoms with van der Waals surface area (Å²) >= 11 is 0. The van der Waals surface area contributed by atoms with Crippen molar-refractivity contribution >= 4 is 0 Å². The van der Waals surface area contributed by atoms with Crippen LogP contribution in [0.2, 0.25) is 0 Å².